The van der Waals surface area contributed by atoms with Crippen molar-refractivity contribution in [3.63, 3.8) is 0 Å². The van der Waals surface area contributed by atoms with E-state index in [0.29, 0.717) is 6.42 Å². The largest absolute Gasteiger partial charge is 0.472 e. The molecule has 0 saturated heterocycles. The third-order valence-electron chi connectivity index (χ3n) is 8.89. The Morgan fingerprint density at radius 1 is 0.564 bits per heavy atom. The van der Waals surface area contributed by atoms with E-state index in [1.54, 1.807) is 0 Å². The minimum atomic E-state index is -4.39. The molecule has 0 aromatic carbocycles. The minimum Gasteiger partial charge on any atom is -0.462 e. The quantitative estimate of drug-likeness (QED) is 0.0269. The summed E-state index contributed by atoms with van der Waals surface area (Å²) in [4.78, 5) is 34.9. The van der Waals surface area contributed by atoms with Crippen molar-refractivity contribution in [3.8, 4) is 0 Å². The first-order valence-electron chi connectivity index (χ1n) is 21.8. The lowest BCUT2D eigenvalue weighted by Gasteiger charge is -2.19. The number of phosphoric ester groups is 1. The monoisotopic (exact) mass is 794 g/mol. The summed E-state index contributed by atoms with van der Waals surface area (Å²) in [6, 6.07) is 0. The zero-order valence-corrected chi connectivity index (χ0v) is 35.8. The number of allylic oxidation sites excluding steroid dienone is 10. The molecule has 0 aromatic heterocycles. The molecule has 0 saturated carbocycles. The zero-order chi connectivity index (χ0) is 40.3. The third kappa shape index (κ3) is 41.2. The van der Waals surface area contributed by atoms with Crippen LogP contribution >= 0.6 is 7.82 Å². The number of phosphoric acid groups is 1. The summed E-state index contributed by atoms with van der Waals surface area (Å²) in [5, 5.41) is 0. The number of esters is 2. The Balaban J connectivity index is 4.21. The molecule has 0 radical (unpaired) electrons. The summed E-state index contributed by atoms with van der Waals surface area (Å²) in [5.74, 6) is -0.864. The van der Waals surface area contributed by atoms with Crippen LogP contribution in [0.1, 0.15) is 181 Å². The van der Waals surface area contributed by atoms with Gasteiger partial charge in [-0.2, -0.15) is 0 Å². The van der Waals surface area contributed by atoms with Gasteiger partial charge in [0.2, 0.25) is 0 Å². The third-order valence-corrected chi connectivity index (χ3v) is 9.87. The smallest absolute Gasteiger partial charge is 0.462 e. The Bertz CT molecular complexity index is 1090. The average molecular weight is 794 g/mol. The van der Waals surface area contributed by atoms with Crippen LogP contribution in [0, 0.1) is 0 Å². The Morgan fingerprint density at radius 3 is 1.51 bits per heavy atom. The van der Waals surface area contributed by atoms with E-state index in [4.69, 9.17) is 24.3 Å². The molecule has 0 heterocycles. The molecule has 0 aromatic rings. The maximum atomic E-state index is 12.6. The molecule has 55 heavy (non-hydrogen) atoms. The highest BCUT2D eigenvalue weighted by Gasteiger charge is 2.26. The fourth-order valence-electron chi connectivity index (χ4n) is 5.68. The molecule has 9 nitrogen and oxygen atoms in total. The van der Waals surface area contributed by atoms with E-state index < -0.39 is 32.5 Å². The van der Waals surface area contributed by atoms with Gasteiger partial charge in [0.05, 0.1) is 13.2 Å². The van der Waals surface area contributed by atoms with Crippen LogP contribution in [0.15, 0.2) is 60.8 Å². The SMILES string of the molecule is CC/C=C\C/C=C\C/C=C\C/C=C\CCCCCCC(=O)OC(COC(=O)CCCCCCCCC/C=C\CCCCCCCC)COP(=O)(O)OCCN. The molecule has 0 spiro atoms. The maximum Gasteiger partial charge on any atom is 0.472 e. The van der Waals surface area contributed by atoms with Crippen LogP contribution in [0.4, 0.5) is 0 Å². The highest BCUT2D eigenvalue weighted by Crippen LogP contribution is 2.43. The standard InChI is InChI=1S/C45H80NO8P/c1-3-5-7-9-11-13-15-17-19-21-23-25-27-29-31-33-35-37-44(47)51-41-43(42-53-55(49,50)52-40-39-46)54-45(48)38-36-34-32-30-28-26-24-22-20-18-16-14-12-10-8-6-4-2/h6,8,12,14,17-20,24,26,43H,3-5,7,9-11,13,15-16,21-23,25,27-42,46H2,1-2H3,(H,49,50)/b8-6-,14-12-,19-17-,20-18-,26-24-. The highest BCUT2D eigenvalue weighted by molar-refractivity contribution is 7.47. The number of ether oxygens (including phenoxy) is 2. The first-order valence-corrected chi connectivity index (χ1v) is 23.3. The van der Waals surface area contributed by atoms with Crippen molar-refractivity contribution in [2.24, 2.45) is 5.73 Å². The number of carbonyl (C=O) groups is 2. The van der Waals surface area contributed by atoms with Crippen molar-refractivity contribution in [1.29, 1.82) is 0 Å². The molecular weight excluding hydrogens is 713 g/mol. The second-order valence-electron chi connectivity index (χ2n) is 14.2. The summed E-state index contributed by atoms with van der Waals surface area (Å²) in [7, 11) is -4.39. The van der Waals surface area contributed by atoms with Crippen molar-refractivity contribution < 1.29 is 37.6 Å². The number of nitrogens with two attached hydrogens (primary N) is 1. The Kier molecular flexibility index (Phi) is 39.6. The van der Waals surface area contributed by atoms with Crippen LogP contribution in [0.2, 0.25) is 0 Å². The fourth-order valence-corrected chi connectivity index (χ4v) is 6.44. The van der Waals surface area contributed by atoms with Gasteiger partial charge in [-0.1, -0.05) is 152 Å². The Labute approximate surface area is 336 Å². The van der Waals surface area contributed by atoms with E-state index in [2.05, 4.69) is 74.6 Å². The number of unbranched alkanes of at least 4 members (excludes halogenated alkanes) is 17. The molecule has 0 aliphatic heterocycles. The summed E-state index contributed by atoms with van der Waals surface area (Å²) < 4.78 is 32.8. The molecule has 0 amide bonds. The lowest BCUT2D eigenvalue weighted by Crippen LogP contribution is -2.29. The molecule has 2 unspecified atom stereocenters. The number of rotatable bonds is 40. The lowest BCUT2D eigenvalue weighted by atomic mass is 10.1. The molecule has 0 aliphatic carbocycles. The Hall–Kier alpha value is -2.29. The van der Waals surface area contributed by atoms with E-state index in [9.17, 15) is 19.0 Å². The molecule has 10 heteroatoms. The van der Waals surface area contributed by atoms with Gasteiger partial charge in [-0.3, -0.25) is 18.6 Å². The molecule has 2 atom stereocenters. The number of hydrogen-bond donors (Lipinski definition) is 2. The number of carbonyl (C=O) groups excluding carboxylic acids is 2. The summed E-state index contributed by atoms with van der Waals surface area (Å²) in [5.41, 5.74) is 5.34. The summed E-state index contributed by atoms with van der Waals surface area (Å²) in [6.07, 6.45) is 48.2. The predicted octanol–water partition coefficient (Wildman–Crippen LogP) is 12.5. The van der Waals surface area contributed by atoms with Gasteiger partial charge >= 0.3 is 19.8 Å². The van der Waals surface area contributed by atoms with Gasteiger partial charge in [0.15, 0.2) is 6.10 Å². The van der Waals surface area contributed by atoms with Crippen LogP contribution in [-0.2, 0) is 32.7 Å². The van der Waals surface area contributed by atoms with Gasteiger partial charge in [-0.15, -0.1) is 0 Å². The zero-order valence-electron chi connectivity index (χ0n) is 34.9. The van der Waals surface area contributed by atoms with E-state index in [1.807, 2.05) is 0 Å². The normalized spacial score (nSPS) is 13.9. The van der Waals surface area contributed by atoms with Gasteiger partial charge in [-0.25, -0.2) is 4.57 Å². The summed E-state index contributed by atoms with van der Waals surface area (Å²) in [6.45, 7) is 3.57. The molecule has 0 fully saturated rings. The number of hydrogen-bond acceptors (Lipinski definition) is 8. The second kappa shape index (κ2) is 41.3. The molecule has 3 N–H and O–H groups in total. The molecule has 0 rings (SSSR count). The highest BCUT2D eigenvalue weighted by atomic mass is 31.2. The van der Waals surface area contributed by atoms with Gasteiger partial charge in [0.1, 0.15) is 6.61 Å². The maximum absolute atomic E-state index is 12.6. The van der Waals surface area contributed by atoms with Crippen molar-refractivity contribution in [2.45, 2.75) is 187 Å². The van der Waals surface area contributed by atoms with Crippen LogP contribution < -0.4 is 5.73 Å². The van der Waals surface area contributed by atoms with Crippen LogP contribution in [0.5, 0.6) is 0 Å². The van der Waals surface area contributed by atoms with Gasteiger partial charge in [0, 0.05) is 19.4 Å². The van der Waals surface area contributed by atoms with Crippen LogP contribution in [0.25, 0.3) is 0 Å². The van der Waals surface area contributed by atoms with E-state index in [-0.39, 0.29) is 32.6 Å². The molecule has 0 bridgehead atoms. The predicted molar refractivity (Wildman–Crippen MR) is 229 cm³/mol. The average Bonchev–Trinajstić information content (AvgIpc) is 3.17. The van der Waals surface area contributed by atoms with Gasteiger partial charge in [0.25, 0.3) is 0 Å². The van der Waals surface area contributed by atoms with Gasteiger partial charge in [-0.05, 0) is 77.0 Å². The fraction of sp³-hybridized carbons (Fsp3) is 0.733. The van der Waals surface area contributed by atoms with Crippen LogP contribution in [0.3, 0.4) is 0 Å². The molecule has 318 valence electrons. The van der Waals surface area contributed by atoms with Crippen molar-refractivity contribution >= 4 is 19.8 Å². The van der Waals surface area contributed by atoms with Crippen molar-refractivity contribution in [1.82, 2.24) is 0 Å². The lowest BCUT2D eigenvalue weighted by molar-refractivity contribution is -0.161. The first kappa shape index (κ1) is 52.7. The van der Waals surface area contributed by atoms with E-state index in [0.717, 1.165) is 83.5 Å². The second-order valence-corrected chi connectivity index (χ2v) is 15.6. The minimum absolute atomic E-state index is 0.0460. The Morgan fingerprint density at radius 2 is 1.00 bits per heavy atom. The van der Waals surface area contributed by atoms with E-state index in [1.165, 1.54) is 64.2 Å². The molecule has 0 aliphatic rings. The van der Waals surface area contributed by atoms with Crippen molar-refractivity contribution in [2.75, 3.05) is 26.4 Å². The first-order chi connectivity index (χ1) is 26.8. The van der Waals surface area contributed by atoms with Gasteiger partial charge < -0.3 is 20.1 Å². The van der Waals surface area contributed by atoms with E-state index >= 15 is 0 Å². The topological polar surface area (TPSA) is 134 Å². The van der Waals surface area contributed by atoms with Crippen molar-refractivity contribution in [3.05, 3.63) is 60.8 Å². The van der Waals surface area contributed by atoms with Crippen LogP contribution in [-0.4, -0.2) is 49.3 Å². The molecular formula is C45H80NO8P. The summed E-state index contributed by atoms with van der Waals surface area (Å²) >= 11 is 0.